The highest BCUT2D eigenvalue weighted by Crippen LogP contribution is 2.33. The summed E-state index contributed by atoms with van der Waals surface area (Å²) in [6.07, 6.45) is 5.25. The molecule has 7 heteroatoms. The lowest BCUT2D eigenvalue weighted by atomic mass is 9.86. The molecular weight excluding hydrogens is 385 g/mol. The van der Waals surface area contributed by atoms with Gasteiger partial charge in [-0.2, -0.15) is 0 Å². The summed E-state index contributed by atoms with van der Waals surface area (Å²) < 4.78 is 25.6. The first kappa shape index (κ1) is 21.2. The van der Waals surface area contributed by atoms with Crippen LogP contribution >= 0.6 is 0 Å². The number of anilines is 2. The highest BCUT2D eigenvalue weighted by atomic mass is 19.1. The van der Waals surface area contributed by atoms with Crippen molar-refractivity contribution in [2.75, 3.05) is 29.9 Å². The fourth-order valence-corrected chi connectivity index (χ4v) is 4.67. The zero-order valence-corrected chi connectivity index (χ0v) is 18.2. The van der Waals surface area contributed by atoms with Crippen molar-refractivity contribution in [2.24, 2.45) is 5.92 Å². The maximum Gasteiger partial charge on any atom is 0.407 e. The number of piperidine rings is 1. The summed E-state index contributed by atoms with van der Waals surface area (Å²) in [6, 6.07) is 5.62. The maximum absolute atomic E-state index is 14.7. The number of nitrogens with zero attached hydrogens (tertiary/aromatic N) is 1. The molecule has 2 bridgehead atoms. The molecule has 1 aromatic carbocycles. The molecule has 3 heterocycles. The molecule has 0 spiro atoms. The predicted molar refractivity (Wildman–Crippen MR) is 115 cm³/mol. The maximum atomic E-state index is 14.7. The van der Waals surface area contributed by atoms with Gasteiger partial charge in [0.1, 0.15) is 11.4 Å². The number of benzene rings is 1. The van der Waals surface area contributed by atoms with E-state index in [4.69, 9.17) is 9.47 Å². The number of hydrogen-bond donors (Lipinski definition) is 2. The Morgan fingerprint density at radius 1 is 1.20 bits per heavy atom. The molecule has 6 nitrogen and oxygen atoms in total. The third-order valence-electron chi connectivity index (χ3n) is 6.21. The lowest BCUT2D eigenvalue weighted by molar-refractivity contribution is -0.133. The third kappa shape index (κ3) is 5.36. The molecule has 2 N–H and O–H groups in total. The van der Waals surface area contributed by atoms with Crippen LogP contribution in [0.15, 0.2) is 18.2 Å². The monoisotopic (exact) mass is 419 g/mol. The van der Waals surface area contributed by atoms with Crippen molar-refractivity contribution >= 4 is 17.5 Å². The van der Waals surface area contributed by atoms with Gasteiger partial charge in [0.05, 0.1) is 17.9 Å². The molecule has 1 aliphatic carbocycles. The van der Waals surface area contributed by atoms with Gasteiger partial charge in [-0.25, -0.2) is 9.18 Å². The van der Waals surface area contributed by atoms with Gasteiger partial charge >= 0.3 is 6.09 Å². The van der Waals surface area contributed by atoms with E-state index in [9.17, 15) is 9.18 Å². The Balaban J connectivity index is 1.20. The van der Waals surface area contributed by atoms with Crippen LogP contribution in [0.3, 0.4) is 0 Å². The fraction of sp³-hybridized carbons (Fsp3) is 0.696. The number of halogens is 1. The SMILES string of the molecule is CC(C)(C)OC(=O)NC1CCC(CNc2ccc(N3C[C@H]4C[C@H](C3)O4)c(F)c2)CC1. The van der Waals surface area contributed by atoms with Crippen LogP contribution < -0.4 is 15.5 Å². The molecule has 4 fully saturated rings. The van der Waals surface area contributed by atoms with E-state index in [1.165, 1.54) is 0 Å². The van der Waals surface area contributed by atoms with Crippen molar-refractivity contribution in [1.82, 2.24) is 5.32 Å². The largest absolute Gasteiger partial charge is 0.444 e. The van der Waals surface area contributed by atoms with Gasteiger partial charge in [0, 0.05) is 37.8 Å². The topological polar surface area (TPSA) is 62.8 Å². The number of rotatable bonds is 5. The molecule has 1 amide bonds. The number of hydrogen-bond acceptors (Lipinski definition) is 5. The number of carbonyl (C=O) groups excluding carboxylic acids is 1. The molecule has 2 atom stereocenters. The van der Waals surface area contributed by atoms with Crippen molar-refractivity contribution in [3.8, 4) is 0 Å². The minimum Gasteiger partial charge on any atom is -0.444 e. The third-order valence-corrected chi connectivity index (χ3v) is 6.21. The summed E-state index contributed by atoms with van der Waals surface area (Å²) in [5, 5.41) is 6.37. The summed E-state index contributed by atoms with van der Waals surface area (Å²) >= 11 is 0. The van der Waals surface area contributed by atoms with E-state index in [1.54, 1.807) is 6.07 Å². The summed E-state index contributed by atoms with van der Waals surface area (Å²) in [7, 11) is 0. The summed E-state index contributed by atoms with van der Waals surface area (Å²) in [5.41, 5.74) is 1.02. The van der Waals surface area contributed by atoms with Gasteiger partial charge in [-0.3, -0.25) is 0 Å². The van der Waals surface area contributed by atoms with Gasteiger partial charge in [0.15, 0.2) is 0 Å². The number of alkyl carbamates (subject to hydrolysis) is 1. The molecule has 0 aromatic heterocycles. The second-order valence-corrected chi connectivity index (χ2v) is 9.93. The van der Waals surface area contributed by atoms with Gasteiger partial charge in [-0.1, -0.05) is 0 Å². The van der Waals surface area contributed by atoms with Gasteiger partial charge < -0.3 is 25.0 Å². The lowest BCUT2D eigenvalue weighted by Crippen LogP contribution is -2.57. The van der Waals surface area contributed by atoms with E-state index in [0.717, 1.165) is 57.4 Å². The zero-order valence-electron chi connectivity index (χ0n) is 18.2. The zero-order chi connectivity index (χ0) is 21.3. The second kappa shape index (κ2) is 8.61. The summed E-state index contributed by atoms with van der Waals surface area (Å²) in [6.45, 7) is 7.98. The van der Waals surface area contributed by atoms with Crippen molar-refractivity contribution in [1.29, 1.82) is 0 Å². The van der Waals surface area contributed by atoms with Crippen LogP contribution in [0, 0.1) is 11.7 Å². The van der Waals surface area contributed by atoms with E-state index in [-0.39, 0.29) is 30.2 Å². The molecule has 30 heavy (non-hydrogen) atoms. The van der Waals surface area contributed by atoms with Crippen LogP contribution in [-0.2, 0) is 9.47 Å². The van der Waals surface area contributed by atoms with Crippen molar-refractivity contribution in [3.63, 3.8) is 0 Å². The average Bonchev–Trinajstić information content (AvgIpc) is 2.65. The van der Waals surface area contributed by atoms with Crippen LogP contribution in [0.1, 0.15) is 52.9 Å². The van der Waals surface area contributed by atoms with Gasteiger partial charge in [-0.05, 0) is 70.6 Å². The second-order valence-electron chi connectivity index (χ2n) is 9.93. The highest BCUT2D eigenvalue weighted by Gasteiger charge is 2.39. The van der Waals surface area contributed by atoms with Crippen molar-refractivity contribution < 1.29 is 18.7 Å². The summed E-state index contributed by atoms with van der Waals surface area (Å²) in [5.74, 6) is 0.349. The smallest absolute Gasteiger partial charge is 0.407 e. The Morgan fingerprint density at radius 3 is 2.47 bits per heavy atom. The molecule has 3 aliphatic heterocycles. The van der Waals surface area contributed by atoms with Crippen LogP contribution in [0.4, 0.5) is 20.6 Å². The molecular formula is C23H34FN3O3. The first-order valence-electron chi connectivity index (χ1n) is 11.2. The first-order chi connectivity index (χ1) is 14.2. The van der Waals surface area contributed by atoms with Gasteiger partial charge in [0.25, 0.3) is 0 Å². The molecule has 166 valence electrons. The minimum absolute atomic E-state index is 0.174. The average molecular weight is 420 g/mol. The number of carbonyl (C=O) groups is 1. The molecule has 3 saturated heterocycles. The first-order valence-corrected chi connectivity index (χ1v) is 11.2. The van der Waals surface area contributed by atoms with Crippen molar-refractivity contribution in [3.05, 3.63) is 24.0 Å². The number of fused-ring (bicyclic) bond motifs is 2. The Morgan fingerprint density at radius 2 is 1.87 bits per heavy atom. The fourth-order valence-electron chi connectivity index (χ4n) is 4.67. The Hall–Kier alpha value is -2.02. The van der Waals surface area contributed by atoms with E-state index < -0.39 is 5.60 Å². The van der Waals surface area contributed by atoms with E-state index in [1.807, 2.05) is 32.9 Å². The number of nitrogens with one attached hydrogen (secondary N) is 2. The lowest BCUT2D eigenvalue weighted by Gasteiger charge is -2.48. The molecule has 4 aliphatic rings. The Bertz CT molecular complexity index is 743. The number of morpholine rings is 1. The van der Waals surface area contributed by atoms with Crippen LogP contribution in [0.25, 0.3) is 0 Å². The van der Waals surface area contributed by atoms with Crippen LogP contribution in [-0.4, -0.2) is 49.6 Å². The normalized spacial score (nSPS) is 28.5. The predicted octanol–water partition coefficient (Wildman–Crippen LogP) is 4.30. The van der Waals surface area contributed by atoms with Crippen LogP contribution in [0.5, 0.6) is 0 Å². The molecule has 1 aromatic rings. The molecule has 0 radical (unpaired) electrons. The summed E-state index contributed by atoms with van der Waals surface area (Å²) in [4.78, 5) is 14.0. The number of ether oxygens (including phenoxy) is 2. The Kier molecular flexibility index (Phi) is 6.09. The number of amides is 1. The quantitative estimate of drug-likeness (QED) is 0.745. The highest BCUT2D eigenvalue weighted by molar-refractivity contribution is 5.68. The van der Waals surface area contributed by atoms with E-state index in [2.05, 4.69) is 15.5 Å². The standard InChI is InChI=1S/C23H34FN3O3/c1-23(2,3)30-22(28)26-16-6-4-15(5-7-16)12-25-17-8-9-21(20(24)10-17)27-13-18-11-19(14-27)29-18/h8-10,15-16,18-19,25H,4-7,11-14H2,1-3H3,(H,26,28)/t15?,16?,18-,19-/m1/s1. The van der Waals surface area contributed by atoms with Crippen LogP contribution in [0.2, 0.25) is 0 Å². The van der Waals surface area contributed by atoms with Gasteiger partial charge in [-0.15, -0.1) is 0 Å². The van der Waals surface area contributed by atoms with E-state index in [0.29, 0.717) is 11.6 Å². The molecule has 1 saturated carbocycles. The van der Waals surface area contributed by atoms with Gasteiger partial charge in [0.2, 0.25) is 0 Å². The minimum atomic E-state index is -0.474. The molecule has 0 unspecified atom stereocenters. The van der Waals surface area contributed by atoms with Crippen molar-refractivity contribution in [2.45, 2.75) is 76.7 Å². The Labute approximate surface area is 178 Å². The van der Waals surface area contributed by atoms with E-state index >= 15 is 0 Å². The molecule has 5 rings (SSSR count).